The third-order valence-corrected chi connectivity index (χ3v) is 4.32. The van der Waals surface area contributed by atoms with Gasteiger partial charge in [-0.25, -0.2) is 0 Å². The number of likely N-dealkylation sites (tertiary alicyclic amines) is 1. The Balaban J connectivity index is 1.69. The number of methoxy groups -OCH3 is 1. The van der Waals surface area contributed by atoms with Gasteiger partial charge in [-0.3, -0.25) is 9.59 Å². The normalized spacial score (nSPS) is 28.8. The molecule has 0 N–H and O–H groups in total. The van der Waals surface area contributed by atoms with Crippen LogP contribution in [-0.4, -0.2) is 30.4 Å². The maximum Gasteiger partial charge on any atom is 0.309 e. The largest absolute Gasteiger partial charge is 0.469 e. The van der Waals surface area contributed by atoms with Gasteiger partial charge in [-0.05, 0) is 18.4 Å². The molecule has 0 radical (unpaired) electrons. The summed E-state index contributed by atoms with van der Waals surface area (Å²) < 4.78 is 4.75. The van der Waals surface area contributed by atoms with Crippen molar-refractivity contribution in [1.29, 1.82) is 0 Å². The molecule has 2 fully saturated rings. The van der Waals surface area contributed by atoms with E-state index in [4.69, 9.17) is 4.74 Å². The summed E-state index contributed by atoms with van der Waals surface area (Å²) in [6, 6.07) is 9.94. The lowest BCUT2D eigenvalue weighted by Crippen LogP contribution is -2.29. The van der Waals surface area contributed by atoms with Gasteiger partial charge in [0.25, 0.3) is 0 Å². The van der Waals surface area contributed by atoms with Gasteiger partial charge < -0.3 is 9.64 Å². The summed E-state index contributed by atoms with van der Waals surface area (Å²) in [5, 5.41) is 0. The molecule has 3 rings (SSSR count). The molecule has 2 aliphatic rings. The third-order valence-electron chi connectivity index (χ3n) is 4.32. The average molecular weight is 259 g/mol. The van der Waals surface area contributed by atoms with E-state index in [0.717, 1.165) is 18.5 Å². The monoisotopic (exact) mass is 259 g/mol. The summed E-state index contributed by atoms with van der Waals surface area (Å²) in [5.41, 5.74) is 0.685. The van der Waals surface area contributed by atoms with Crippen LogP contribution in [0.25, 0.3) is 0 Å². The molecule has 1 aromatic carbocycles. The number of nitrogens with zero attached hydrogens (tertiary/aromatic N) is 1. The van der Waals surface area contributed by atoms with Gasteiger partial charge in [0.05, 0.1) is 18.4 Å². The van der Waals surface area contributed by atoms with Gasteiger partial charge in [-0.2, -0.15) is 0 Å². The van der Waals surface area contributed by atoms with Gasteiger partial charge in [-0.1, -0.05) is 30.3 Å². The molecule has 1 aliphatic carbocycles. The van der Waals surface area contributed by atoms with Crippen LogP contribution in [0.15, 0.2) is 30.3 Å². The van der Waals surface area contributed by atoms with Gasteiger partial charge in [0.15, 0.2) is 0 Å². The summed E-state index contributed by atoms with van der Waals surface area (Å²) >= 11 is 0. The number of benzene rings is 1. The van der Waals surface area contributed by atoms with E-state index in [1.54, 1.807) is 0 Å². The number of amides is 1. The molecule has 4 nitrogen and oxygen atoms in total. The molecule has 2 atom stereocenters. The molecule has 0 bridgehead atoms. The van der Waals surface area contributed by atoms with Crippen molar-refractivity contribution in [1.82, 2.24) is 4.90 Å². The molecule has 1 spiro atoms. The first-order valence-corrected chi connectivity index (χ1v) is 6.58. The zero-order valence-corrected chi connectivity index (χ0v) is 11.0. The van der Waals surface area contributed by atoms with Crippen molar-refractivity contribution in [3.8, 4) is 0 Å². The molecule has 0 unspecified atom stereocenters. The molecule has 1 saturated carbocycles. The van der Waals surface area contributed by atoms with Crippen molar-refractivity contribution in [2.24, 2.45) is 11.3 Å². The fourth-order valence-electron chi connectivity index (χ4n) is 3.08. The Hall–Kier alpha value is -1.84. The topological polar surface area (TPSA) is 46.6 Å². The molecule has 4 heteroatoms. The second-order valence-corrected chi connectivity index (χ2v) is 5.40. The van der Waals surface area contributed by atoms with Crippen molar-refractivity contribution < 1.29 is 14.3 Å². The first kappa shape index (κ1) is 12.2. The van der Waals surface area contributed by atoms with E-state index in [1.165, 1.54) is 7.11 Å². The number of hydrogen-bond donors (Lipinski definition) is 0. The molecule has 100 valence electrons. The first-order valence-electron chi connectivity index (χ1n) is 6.58. The van der Waals surface area contributed by atoms with Crippen molar-refractivity contribution in [3.05, 3.63) is 35.9 Å². The van der Waals surface area contributed by atoms with E-state index in [9.17, 15) is 9.59 Å². The Morgan fingerprint density at radius 2 is 2.16 bits per heavy atom. The third kappa shape index (κ3) is 1.91. The summed E-state index contributed by atoms with van der Waals surface area (Å²) in [6.07, 6.45) is 1.43. The van der Waals surface area contributed by atoms with Crippen LogP contribution in [0.2, 0.25) is 0 Å². The Morgan fingerprint density at radius 1 is 1.42 bits per heavy atom. The first-order chi connectivity index (χ1) is 9.17. The molecule has 1 amide bonds. The lowest BCUT2D eigenvalue weighted by atomic mass is 10.0. The number of carbonyl (C=O) groups is 2. The number of carbonyl (C=O) groups excluding carboxylic acids is 2. The summed E-state index contributed by atoms with van der Waals surface area (Å²) in [4.78, 5) is 25.9. The quantitative estimate of drug-likeness (QED) is 0.775. The number of esters is 1. The van der Waals surface area contributed by atoms with E-state index >= 15 is 0 Å². The molecule has 19 heavy (non-hydrogen) atoms. The lowest BCUT2D eigenvalue weighted by molar-refractivity contribution is -0.145. The van der Waals surface area contributed by atoms with Crippen molar-refractivity contribution >= 4 is 11.9 Å². The fourth-order valence-corrected chi connectivity index (χ4v) is 3.08. The minimum Gasteiger partial charge on any atom is -0.469 e. The second kappa shape index (κ2) is 4.37. The van der Waals surface area contributed by atoms with Crippen LogP contribution in [0, 0.1) is 11.3 Å². The zero-order chi connectivity index (χ0) is 13.5. The molecular weight excluding hydrogens is 242 g/mol. The van der Waals surface area contributed by atoms with Gasteiger partial charge in [0.1, 0.15) is 0 Å². The van der Waals surface area contributed by atoms with Crippen LogP contribution in [0.5, 0.6) is 0 Å². The number of ether oxygens (including phenoxy) is 1. The van der Waals surface area contributed by atoms with Crippen LogP contribution in [0.3, 0.4) is 0 Å². The minimum atomic E-state index is -0.443. The van der Waals surface area contributed by atoms with E-state index in [-0.39, 0.29) is 17.8 Å². The number of rotatable bonds is 3. The van der Waals surface area contributed by atoms with Crippen LogP contribution in [-0.2, 0) is 20.9 Å². The highest BCUT2D eigenvalue weighted by atomic mass is 16.5. The minimum absolute atomic E-state index is 0.117. The van der Waals surface area contributed by atoms with Crippen molar-refractivity contribution in [3.63, 3.8) is 0 Å². The van der Waals surface area contributed by atoms with Crippen LogP contribution < -0.4 is 0 Å². The lowest BCUT2D eigenvalue weighted by Gasteiger charge is -2.16. The van der Waals surface area contributed by atoms with Gasteiger partial charge >= 0.3 is 5.97 Å². The van der Waals surface area contributed by atoms with Crippen LogP contribution in [0.1, 0.15) is 18.4 Å². The fraction of sp³-hybridized carbons (Fsp3) is 0.467. The summed E-state index contributed by atoms with van der Waals surface area (Å²) in [7, 11) is 1.38. The van der Waals surface area contributed by atoms with Crippen molar-refractivity contribution in [2.45, 2.75) is 19.4 Å². The highest BCUT2D eigenvalue weighted by molar-refractivity contribution is 5.95. The molecule has 0 aromatic heterocycles. The zero-order valence-electron chi connectivity index (χ0n) is 11.0. The molecular formula is C15H17NO3. The molecule has 1 heterocycles. The highest BCUT2D eigenvalue weighted by Gasteiger charge is 2.67. The maximum absolute atomic E-state index is 12.4. The number of hydrogen-bond acceptors (Lipinski definition) is 3. The average Bonchev–Trinajstić information content (AvgIpc) is 3.11. The van der Waals surface area contributed by atoms with E-state index < -0.39 is 5.41 Å². The Bertz CT molecular complexity index is 513. The van der Waals surface area contributed by atoms with E-state index in [2.05, 4.69) is 0 Å². The molecule has 1 aromatic rings. The second-order valence-electron chi connectivity index (χ2n) is 5.40. The standard InChI is InChI=1S/C15H17NO3/c1-19-13(17)12-9-15(12)7-8-16(14(15)18)10-11-5-3-2-4-6-11/h2-6,12H,7-10H2,1H3/t12-,15+/m0/s1. The summed E-state index contributed by atoms with van der Waals surface area (Å²) in [6.45, 7) is 1.37. The Labute approximate surface area is 112 Å². The SMILES string of the molecule is COC(=O)[C@@H]1C[C@]12CCN(Cc1ccccc1)C2=O. The summed E-state index contributed by atoms with van der Waals surface area (Å²) in [5.74, 6) is -0.340. The Kier molecular flexibility index (Phi) is 2.81. The predicted octanol–water partition coefficient (Wildman–Crippen LogP) is 1.60. The Morgan fingerprint density at radius 3 is 2.84 bits per heavy atom. The van der Waals surface area contributed by atoms with Crippen molar-refractivity contribution in [2.75, 3.05) is 13.7 Å². The molecule has 1 saturated heterocycles. The maximum atomic E-state index is 12.4. The van der Waals surface area contributed by atoms with Crippen LogP contribution in [0.4, 0.5) is 0 Å². The van der Waals surface area contributed by atoms with Gasteiger partial charge in [0.2, 0.25) is 5.91 Å². The van der Waals surface area contributed by atoms with Gasteiger partial charge in [-0.15, -0.1) is 0 Å². The highest BCUT2D eigenvalue weighted by Crippen LogP contribution is 2.59. The predicted molar refractivity (Wildman–Crippen MR) is 69.0 cm³/mol. The van der Waals surface area contributed by atoms with E-state index in [0.29, 0.717) is 13.0 Å². The van der Waals surface area contributed by atoms with Gasteiger partial charge in [0, 0.05) is 13.1 Å². The van der Waals surface area contributed by atoms with E-state index in [1.807, 2.05) is 35.2 Å². The molecule has 1 aliphatic heterocycles. The van der Waals surface area contributed by atoms with Crippen LogP contribution >= 0.6 is 0 Å². The smallest absolute Gasteiger partial charge is 0.309 e.